The van der Waals surface area contributed by atoms with Crippen LogP contribution in [0.5, 0.6) is 0 Å². The average Bonchev–Trinajstić information content (AvgIpc) is 3.15. The largest absolute Gasteiger partial charge is 0.374 e. The molecule has 0 N–H and O–H groups in total. The highest BCUT2D eigenvalue weighted by Gasteiger charge is 2.45. The molecule has 0 aromatic carbocycles. The van der Waals surface area contributed by atoms with Gasteiger partial charge in [-0.3, -0.25) is 4.90 Å². The number of likely N-dealkylation sites (tertiary alicyclic amines) is 1. The lowest BCUT2D eigenvalue weighted by atomic mass is 10.0. The van der Waals surface area contributed by atoms with Crippen LogP contribution in [-0.2, 0) is 16.0 Å². The molecule has 0 spiro atoms. The smallest absolute Gasteiger partial charge is 0.133 e. The molecule has 5 heteroatoms. The Balaban J connectivity index is 1.42. The van der Waals surface area contributed by atoms with Crippen molar-refractivity contribution in [3.63, 3.8) is 0 Å². The van der Waals surface area contributed by atoms with Gasteiger partial charge < -0.3 is 14.0 Å². The summed E-state index contributed by atoms with van der Waals surface area (Å²) in [7, 11) is 0. The van der Waals surface area contributed by atoms with Gasteiger partial charge in [0, 0.05) is 38.4 Å². The van der Waals surface area contributed by atoms with Gasteiger partial charge in [0.15, 0.2) is 0 Å². The van der Waals surface area contributed by atoms with Crippen LogP contribution in [0, 0.1) is 12.8 Å². The minimum absolute atomic E-state index is 0.226. The number of rotatable bonds is 5. The molecule has 0 unspecified atom stereocenters. The second-order valence-corrected chi connectivity index (χ2v) is 6.72. The van der Waals surface area contributed by atoms with Crippen molar-refractivity contribution in [1.29, 1.82) is 0 Å². The second kappa shape index (κ2) is 5.71. The summed E-state index contributed by atoms with van der Waals surface area (Å²) in [5.41, 5.74) is 1.01. The molecule has 0 radical (unpaired) electrons. The van der Waals surface area contributed by atoms with Gasteiger partial charge in [0.25, 0.3) is 0 Å². The number of aryl methyl sites for hydroxylation is 1. The quantitative estimate of drug-likeness (QED) is 0.832. The van der Waals surface area contributed by atoms with Crippen LogP contribution >= 0.6 is 0 Å². The van der Waals surface area contributed by atoms with E-state index in [9.17, 15) is 0 Å². The van der Waals surface area contributed by atoms with Crippen molar-refractivity contribution < 1.29 is 14.0 Å². The molecule has 5 nitrogen and oxygen atoms in total. The normalized spacial score (nSPS) is 33.3. The third-order valence-corrected chi connectivity index (χ3v) is 4.87. The Labute approximate surface area is 125 Å². The van der Waals surface area contributed by atoms with Crippen molar-refractivity contribution >= 4 is 0 Å². The van der Waals surface area contributed by atoms with E-state index < -0.39 is 0 Å². The number of ether oxygens (including phenoxy) is 2. The van der Waals surface area contributed by atoms with Crippen LogP contribution in [0.1, 0.15) is 37.1 Å². The summed E-state index contributed by atoms with van der Waals surface area (Å²) < 4.78 is 17.4. The third-order valence-electron chi connectivity index (χ3n) is 4.87. The zero-order valence-electron chi connectivity index (χ0n) is 12.7. The van der Waals surface area contributed by atoms with Crippen molar-refractivity contribution in [2.45, 2.75) is 57.4 Å². The zero-order chi connectivity index (χ0) is 14.2. The van der Waals surface area contributed by atoms with E-state index in [1.807, 2.05) is 13.0 Å². The Bertz CT molecular complexity index is 486. The van der Waals surface area contributed by atoms with E-state index in [1.54, 1.807) is 0 Å². The Morgan fingerprint density at radius 2 is 2.29 bits per heavy atom. The van der Waals surface area contributed by atoms with E-state index in [0.717, 1.165) is 50.1 Å². The SMILES string of the molecule is Cc1cc(CN2C[C@@H](OCC3CC3)[C@@H]3OCCC[C@@H]32)no1. The first kappa shape index (κ1) is 13.7. The van der Waals surface area contributed by atoms with Crippen LogP contribution in [0.3, 0.4) is 0 Å². The summed E-state index contributed by atoms with van der Waals surface area (Å²) >= 11 is 0. The molecule has 2 aliphatic heterocycles. The summed E-state index contributed by atoms with van der Waals surface area (Å²) in [6, 6.07) is 2.50. The first-order chi connectivity index (χ1) is 10.3. The highest BCUT2D eigenvalue weighted by Crippen LogP contribution is 2.34. The molecule has 3 heterocycles. The Morgan fingerprint density at radius 1 is 1.38 bits per heavy atom. The molecule has 2 saturated heterocycles. The van der Waals surface area contributed by atoms with Gasteiger partial charge in [0.1, 0.15) is 11.9 Å². The van der Waals surface area contributed by atoms with Crippen molar-refractivity contribution in [2.75, 3.05) is 19.8 Å². The van der Waals surface area contributed by atoms with Crippen LogP contribution in [0.15, 0.2) is 10.6 Å². The second-order valence-electron chi connectivity index (χ2n) is 6.72. The summed E-state index contributed by atoms with van der Waals surface area (Å²) in [6.45, 7) is 5.52. The van der Waals surface area contributed by atoms with Gasteiger partial charge in [-0.15, -0.1) is 0 Å². The average molecular weight is 292 g/mol. The zero-order valence-corrected chi connectivity index (χ0v) is 12.7. The summed E-state index contributed by atoms with van der Waals surface area (Å²) in [5, 5.41) is 4.13. The first-order valence-corrected chi connectivity index (χ1v) is 8.19. The molecule has 4 rings (SSSR count). The van der Waals surface area contributed by atoms with Crippen LogP contribution < -0.4 is 0 Å². The van der Waals surface area contributed by atoms with Crippen molar-refractivity contribution in [3.05, 3.63) is 17.5 Å². The Morgan fingerprint density at radius 3 is 3.05 bits per heavy atom. The first-order valence-electron chi connectivity index (χ1n) is 8.19. The van der Waals surface area contributed by atoms with E-state index in [1.165, 1.54) is 19.3 Å². The van der Waals surface area contributed by atoms with E-state index in [-0.39, 0.29) is 12.2 Å². The molecule has 3 aliphatic rings. The highest BCUT2D eigenvalue weighted by atomic mass is 16.5. The van der Waals surface area contributed by atoms with Crippen molar-refractivity contribution in [1.82, 2.24) is 10.1 Å². The fraction of sp³-hybridized carbons (Fsp3) is 0.812. The maximum atomic E-state index is 6.16. The van der Waals surface area contributed by atoms with Gasteiger partial charge in [0.05, 0.1) is 11.8 Å². The topological polar surface area (TPSA) is 47.7 Å². The number of hydrogen-bond donors (Lipinski definition) is 0. The molecule has 1 aromatic rings. The minimum atomic E-state index is 0.226. The van der Waals surface area contributed by atoms with Gasteiger partial charge >= 0.3 is 0 Å². The van der Waals surface area contributed by atoms with Gasteiger partial charge in [0.2, 0.25) is 0 Å². The molecular weight excluding hydrogens is 268 g/mol. The highest BCUT2D eigenvalue weighted by molar-refractivity contribution is 5.06. The minimum Gasteiger partial charge on any atom is -0.374 e. The van der Waals surface area contributed by atoms with Gasteiger partial charge in [-0.25, -0.2) is 0 Å². The summed E-state index contributed by atoms with van der Waals surface area (Å²) in [5.74, 6) is 1.68. The van der Waals surface area contributed by atoms with E-state index >= 15 is 0 Å². The monoisotopic (exact) mass is 292 g/mol. The molecule has 21 heavy (non-hydrogen) atoms. The van der Waals surface area contributed by atoms with Gasteiger partial charge in [-0.2, -0.15) is 0 Å². The third kappa shape index (κ3) is 3.00. The van der Waals surface area contributed by atoms with E-state index in [2.05, 4.69) is 10.1 Å². The van der Waals surface area contributed by atoms with Crippen molar-refractivity contribution in [2.24, 2.45) is 5.92 Å². The van der Waals surface area contributed by atoms with Crippen molar-refractivity contribution in [3.8, 4) is 0 Å². The van der Waals surface area contributed by atoms with Crippen LogP contribution in [-0.4, -0.2) is 48.1 Å². The molecule has 0 amide bonds. The maximum absolute atomic E-state index is 6.16. The Kier molecular flexibility index (Phi) is 3.73. The number of nitrogens with zero attached hydrogens (tertiary/aromatic N) is 2. The number of fused-ring (bicyclic) bond motifs is 1. The van der Waals surface area contributed by atoms with Crippen LogP contribution in [0.4, 0.5) is 0 Å². The predicted molar refractivity (Wildman–Crippen MR) is 76.9 cm³/mol. The summed E-state index contributed by atoms with van der Waals surface area (Å²) in [4.78, 5) is 2.47. The van der Waals surface area contributed by atoms with Gasteiger partial charge in [-0.05, 0) is 38.5 Å². The predicted octanol–water partition coefficient (Wildman–Crippen LogP) is 2.14. The maximum Gasteiger partial charge on any atom is 0.133 e. The lowest BCUT2D eigenvalue weighted by Crippen LogP contribution is -2.41. The van der Waals surface area contributed by atoms with E-state index in [0.29, 0.717) is 6.04 Å². The van der Waals surface area contributed by atoms with Crippen LogP contribution in [0.2, 0.25) is 0 Å². The fourth-order valence-electron chi connectivity index (χ4n) is 3.58. The lowest BCUT2D eigenvalue weighted by Gasteiger charge is -2.32. The molecule has 3 atom stereocenters. The Hall–Kier alpha value is -0.910. The molecule has 3 fully saturated rings. The van der Waals surface area contributed by atoms with E-state index in [4.69, 9.17) is 14.0 Å². The molecule has 1 saturated carbocycles. The fourth-order valence-corrected chi connectivity index (χ4v) is 3.58. The number of hydrogen-bond acceptors (Lipinski definition) is 5. The number of aromatic nitrogens is 1. The van der Waals surface area contributed by atoms with Gasteiger partial charge in [-0.1, -0.05) is 5.16 Å². The molecule has 1 aromatic heterocycles. The summed E-state index contributed by atoms with van der Waals surface area (Å²) in [6.07, 6.45) is 5.48. The molecule has 116 valence electrons. The van der Waals surface area contributed by atoms with Crippen LogP contribution in [0.25, 0.3) is 0 Å². The lowest BCUT2D eigenvalue weighted by molar-refractivity contribution is -0.0792. The molecule has 1 aliphatic carbocycles. The molecule has 0 bridgehead atoms. The standard InChI is InChI=1S/C16H24N2O3/c1-11-7-13(17-21-11)8-18-9-15(20-10-12-4-5-12)16-14(18)3-2-6-19-16/h7,12,14-16H,2-6,8-10H2,1H3/t14-,15+,16+/m0/s1. The molecular formula is C16H24N2O3.